The molecule has 0 aromatic heterocycles. The van der Waals surface area contributed by atoms with E-state index in [2.05, 4.69) is 68.1 Å². The molecule has 1 saturated carbocycles. The molecule has 2 aliphatic rings. The first kappa shape index (κ1) is 19.0. The van der Waals surface area contributed by atoms with Gasteiger partial charge >= 0.3 is 0 Å². The number of benzene rings is 2. The van der Waals surface area contributed by atoms with Crippen molar-refractivity contribution >= 4 is 0 Å². The van der Waals surface area contributed by atoms with E-state index in [1.165, 1.54) is 67.2 Å². The fourth-order valence-electron chi connectivity index (χ4n) is 4.97. The number of fused-ring (bicyclic) bond motifs is 2. The molecule has 0 atom stereocenters. The molecule has 2 aromatic carbocycles. The molecule has 0 spiro atoms. The molecule has 0 heteroatoms. The van der Waals surface area contributed by atoms with Crippen molar-refractivity contribution in [2.45, 2.75) is 76.5 Å². The van der Waals surface area contributed by atoms with Crippen LogP contribution in [0.3, 0.4) is 0 Å². The maximum Gasteiger partial charge on any atom is 0.0242 e. The van der Waals surface area contributed by atoms with Crippen LogP contribution in [0.25, 0.3) is 0 Å². The van der Waals surface area contributed by atoms with Gasteiger partial charge in [0.05, 0.1) is 0 Å². The summed E-state index contributed by atoms with van der Waals surface area (Å²) in [7, 11) is 0. The molecule has 0 saturated heterocycles. The third-order valence-corrected chi connectivity index (χ3v) is 6.15. The van der Waals surface area contributed by atoms with Gasteiger partial charge < -0.3 is 0 Å². The van der Waals surface area contributed by atoms with Crippen molar-refractivity contribution in [2.24, 2.45) is 0 Å². The summed E-state index contributed by atoms with van der Waals surface area (Å²) < 4.78 is 0. The molecule has 138 valence electrons. The van der Waals surface area contributed by atoms with Crippen molar-refractivity contribution < 1.29 is 0 Å². The summed E-state index contributed by atoms with van der Waals surface area (Å²) in [5, 5.41) is 0. The van der Waals surface area contributed by atoms with Crippen LogP contribution in [0.15, 0.2) is 61.2 Å². The Bertz CT molecular complexity index is 650. The molecule has 26 heavy (non-hydrogen) atoms. The standard InChI is InChI=1S/C21H24.C5H10/c1-3-15-21(16-4-2)19-11-7-5-9-17(19)13-14-18-10-6-8-12-20(18)21;1-2-4-5-3-1/h3,5-12H,1,4,13-16H2,2H3;1-5H2. The molecule has 2 aromatic rings. The van der Waals surface area contributed by atoms with E-state index in [0.717, 1.165) is 19.3 Å². The first-order chi connectivity index (χ1) is 12.8. The Balaban J connectivity index is 0.000000339. The smallest absolute Gasteiger partial charge is 0.0242 e. The molecule has 0 N–H and O–H groups in total. The molecule has 0 bridgehead atoms. The molecular weight excluding hydrogens is 312 g/mol. The van der Waals surface area contributed by atoms with Gasteiger partial charge in [0.2, 0.25) is 0 Å². The Labute approximate surface area is 160 Å². The van der Waals surface area contributed by atoms with Crippen molar-refractivity contribution in [3.8, 4) is 0 Å². The van der Waals surface area contributed by atoms with Gasteiger partial charge in [0.15, 0.2) is 0 Å². The lowest BCUT2D eigenvalue weighted by Crippen LogP contribution is -2.28. The SMILES string of the molecule is C1CCCC1.C=CCC1(CCC)c2ccccc2CCc2ccccc21. The zero-order valence-electron chi connectivity index (χ0n) is 16.5. The van der Waals surface area contributed by atoms with Crippen LogP contribution >= 0.6 is 0 Å². The second kappa shape index (κ2) is 9.21. The molecule has 0 nitrogen and oxygen atoms in total. The van der Waals surface area contributed by atoms with E-state index >= 15 is 0 Å². The fraction of sp³-hybridized carbons (Fsp3) is 0.462. The van der Waals surface area contributed by atoms with Crippen molar-refractivity contribution in [1.29, 1.82) is 0 Å². The summed E-state index contributed by atoms with van der Waals surface area (Å²) in [6.45, 7) is 6.35. The quantitative estimate of drug-likeness (QED) is 0.506. The molecule has 0 aliphatic heterocycles. The molecule has 1 fully saturated rings. The van der Waals surface area contributed by atoms with E-state index in [1.54, 1.807) is 0 Å². The van der Waals surface area contributed by atoms with Crippen LogP contribution in [0.1, 0.15) is 80.5 Å². The number of hydrogen-bond donors (Lipinski definition) is 0. The van der Waals surface area contributed by atoms with E-state index in [1.807, 2.05) is 0 Å². The fourth-order valence-corrected chi connectivity index (χ4v) is 4.97. The van der Waals surface area contributed by atoms with Gasteiger partial charge in [-0.05, 0) is 47.9 Å². The third kappa shape index (κ3) is 3.95. The number of aryl methyl sites for hydroxylation is 2. The van der Waals surface area contributed by atoms with Crippen LogP contribution in [0.5, 0.6) is 0 Å². The molecule has 0 radical (unpaired) electrons. The lowest BCUT2D eigenvalue weighted by molar-refractivity contribution is 0.469. The van der Waals surface area contributed by atoms with E-state index < -0.39 is 0 Å². The Morgan fingerprint density at radius 1 is 0.808 bits per heavy atom. The largest absolute Gasteiger partial charge is 0.103 e. The van der Waals surface area contributed by atoms with Crippen LogP contribution in [0.2, 0.25) is 0 Å². The highest BCUT2D eigenvalue weighted by Gasteiger charge is 2.36. The van der Waals surface area contributed by atoms with Crippen molar-refractivity contribution in [1.82, 2.24) is 0 Å². The van der Waals surface area contributed by atoms with E-state index in [9.17, 15) is 0 Å². The highest BCUT2D eigenvalue weighted by molar-refractivity contribution is 5.50. The maximum atomic E-state index is 4.06. The van der Waals surface area contributed by atoms with Gasteiger partial charge in [0.1, 0.15) is 0 Å². The summed E-state index contributed by atoms with van der Waals surface area (Å²) in [6, 6.07) is 18.1. The van der Waals surface area contributed by atoms with Gasteiger partial charge in [-0.25, -0.2) is 0 Å². The van der Waals surface area contributed by atoms with E-state index in [-0.39, 0.29) is 5.41 Å². The van der Waals surface area contributed by atoms with Crippen molar-refractivity contribution in [3.05, 3.63) is 83.4 Å². The Hall–Kier alpha value is -1.82. The van der Waals surface area contributed by atoms with Crippen LogP contribution in [0.4, 0.5) is 0 Å². The lowest BCUT2D eigenvalue weighted by Gasteiger charge is -2.36. The van der Waals surface area contributed by atoms with Gasteiger partial charge in [-0.15, -0.1) is 6.58 Å². The van der Waals surface area contributed by atoms with Gasteiger partial charge in [0, 0.05) is 5.41 Å². The van der Waals surface area contributed by atoms with Crippen LogP contribution in [-0.2, 0) is 18.3 Å². The second-order valence-corrected chi connectivity index (χ2v) is 7.91. The topological polar surface area (TPSA) is 0 Å². The average Bonchev–Trinajstić information content (AvgIpc) is 3.23. The number of allylic oxidation sites excluding steroid dienone is 1. The van der Waals surface area contributed by atoms with Gasteiger partial charge in [-0.1, -0.05) is 100 Å². The normalized spacial score (nSPS) is 17.3. The second-order valence-electron chi connectivity index (χ2n) is 7.91. The Kier molecular flexibility index (Phi) is 6.72. The Morgan fingerprint density at radius 2 is 1.27 bits per heavy atom. The highest BCUT2D eigenvalue weighted by atomic mass is 14.4. The van der Waals surface area contributed by atoms with E-state index in [4.69, 9.17) is 0 Å². The first-order valence-electron chi connectivity index (χ1n) is 10.6. The monoisotopic (exact) mass is 346 g/mol. The van der Waals surface area contributed by atoms with Gasteiger partial charge in [-0.3, -0.25) is 0 Å². The van der Waals surface area contributed by atoms with Crippen LogP contribution in [0, 0.1) is 0 Å². The van der Waals surface area contributed by atoms with Crippen molar-refractivity contribution in [2.75, 3.05) is 0 Å². The minimum atomic E-state index is 0.111. The number of hydrogen-bond acceptors (Lipinski definition) is 0. The average molecular weight is 347 g/mol. The summed E-state index contributed by atoms with van der Waals surface area (Å²) >= 11 is 0. The molecule has 4 rings (SSSR count). The molecule has 0 amide bonds. The molecular formula is C26H34. The third-order valence-electron chi connectivity index (χ3n) is 6.15. The highest BCUT2D eigenvalue weighted by Crippen LogP contribution is 2.45. The summed E-state index contributed by atoms with van der Waals surface area (Å²) in [5.41, 5.74) is 6.20. The van der Waals surface area contributed by atoms with Gasteiger partial charge in [-0.2, -0.15) is 0 Å². The molecule has 0 heterocycles. The maximum absolute atomic E-state index is 4.06. The van der Waals surface area contributed by atoms with Crippen molar-refractivity contribution in [3.63, 3.8) is 0 Å². The summed E-state index contributed by atoms with van der Waals surface area (Å²) in [4.78, 5) is 0. The van der Waals surface area contributed by atoms with Gasteiger partial charge in [0.25, 0.3) is 0 Å². The zero-order valence-corrected chi connectivity index (χ0v) is 16.5. The summed E-state index contributed by atoms with van der Waals surface area (Å²) in [6.07, 6.45) is 15.3. The minimum absolute atomic E-state index is 0.111. The Morgan fingerprint density at radius 3 is 1.69 bits per heavy atom. The zero-order chi connectivity index (χ0) is 18.2. The predicted molar refractivity (Wildman–Crippen MR) is 114 cm³/mol. The minimum Gasteiger partial charge on any atom is -0.103 e. The molecule has 2 aliphatic carbocycles. The number of rotatable bonds is 4. The first-order valence-corrected chi connectivity index (χ1v) is 10.6. The molecule has 0 unspecified atom stereocenters. The van der Waals surface area contributed by atoms with Crippen LogP contribution < -0.4 is 0 Å². The summed E-state index contributed by atoms with van der Waals surface area (Å²) in [5.74, 6) is 0. The van der Waals surface area contributed by atoms with E-state index in [0.29, 0.717) is 0 Å². The van der Waals surface area contributed by atoms with Crippen LogP contribution in [-0.4, -0.2) is 0 Å². The predicted octanol–water partition coefficient (Wildman–Crippen LogP) is 7.40. The lowest BCUT2D eigenvalue weighted by atomic mass is 9.67.